The highest BCUT2D eigenvalue weighted by Gasteiger charge is 2.29. The first-order chi connectivity index (χ1) is 9.97. The SMILES string of the molecule is NN1C(=O)/C(=C/c2ccc(OCCC(=O)O)cc2)SC1=S. The van der Waals surface area contributed by atoms with Gasteiger partial charge in [-0.15, -0.1) is 0 Å². The average molecular weight is 324 g/mol. The Balaban J connectivity index is 2.01. The molecule has 0 aromatic heterocycles. The molecule has 1 saturated heterocycles. The van der Waals surface area contributed by atoms with Gasteiger partial charge in [-0.05, 0) is 23.8 Å². The van der Waals surface area contributed by atoms with Crippen LogP contribution in [0.3, 0.4) is 0 Å². The van der Waals surface area contributed by atoms with Crippen molar-refractivity contribution in [1.82, 2.24) is 5.01 Å². The number of rotatable bonds is 5. The third-order valence-corrected chi connectivity index (χ3v) is 3.92. The zero-order valence-corrected chi connectivity index (χ0v) is 12.4. The van der Waals surface area contributed by atoms with Crippen molar-refractivity contribution in [3.63, 3.8) is 0 Å². The van der Waals surface area contributed by atoms with Crippen LogP contribution in [0.5, 0.6) is 5.75 Å². The van der Waals surface area contributed by atoms with Crippen LogP contribution in [0.15, 0.2) is 29.2 Å². The number of benzene rings is 1. The van der Waals surface area contributed by atoms with Gasteiger partial charge in [0.1, 0.15) is 5.75 Å². The highest BCUT2D eigenvalue weighted by molar-refractivity contribution is 8.26. The molecule has 110 valence electrons. The minimum Gasteiger partial charge on any atom is -0.493 e. The Labute approximate surface area is 130 Å². The topological polar surface area (TPSA) is 92.9 Å². The van der Waals surface area contributed by atoms with Crippen LogP contribution in [-0.4, -0.2) is 32.9 Å². The summed E-state index contributed by atoms with van der Waals surface area (Å²) in [5.41, 5.74) is 0.800. The number of ether oxygens (including phenoxy) is 1. The van der Waals surface area contributed by atoms with E-state index in [9.17, 15) is 9.59 Å². The number of carbonyl (C=O) groups is 2. The molecule has 6 nitrogen and oxygen atoms in total. The van der Waals surface area contributed by atoms with Crippen molar-refractivity contribution in [1.29, 1.82) is 0 Å². The van der Waals surface area contributed by atoms with Crippen molar-refractivity contribution in [2.24, 2.45) is 5.84 Å². The highest BCUT2D eigenvalue weighted by atomic mass is 32.2. The van der Waals surface area contributed by atoms with E-state index in [1.807, 2.05) is 0 Å². The maximum absolute atomic E-state index is 11.7. The number of thiocarbonyl (C=S) groups is 1. The van der Waals surface area contributed by atoms with E-state index < -0.39 is 5.97 Å². The molecule has 1 aromatic rings. The van der Waals surface area contributed by atoms with E-state index in [4.69, 9.17) is 27.9 Å². The second-order valence-corrected chi connectivity index (χ2v) is 5.79. The van der Waals surface area contributed by atoms with Crippen LogP contribution in [0.25, 0.3) is 6.08 Å². The summed E-state index contributed by atoms with van der Waals surface area (Å²) in [5, 5.41) is 9.46. The number of hydrogen-bond donors (Lipinski definition) is 2. The fourth-order valence-electron chi connectivity index (χ4n) is 1.55. The van der Waals surface area contributed by atoms with Crippen LogP contribution in [0, 0.1) is 0 Å². The number of carbonyl (C=O) groups excluding carboxylic acids is 1. The molecule has 1 heterocycles. The number of hydrogen-bond acceptors (Lipinski definition) is 6. The Bertz CT molecular complexity index is 613. The lowest BCUT2D eigenvalue weighted by Gasteiger charge is -2.05. The van der Waals surface area contributed by atoms with Gasteiger partial charge in [0.05, 0.1) is 17.9 Å². The summed E-state index contributed by atoms with van der Waals surface area (Å²) in [5.74, 6) is 4.82. The summed E-state index contributed by atoms with van der Waals surface area (Å²) in [7, 11) is 0. The number of carboxylic acid groups (broad SMARTS) is 1. The maximum Gasteiger partial charge on any atom is 0.306 e. The van der Waals surface area contributed by atoms with Crippen LogP contribution in [0.2, 0.25) is 0 Å². The van der Waals surface area contributed by atoms with Gasteiger partial charge in [0.2, 0.25) is 0 Å². The molecule has 0 saturated carbocycles. The van der Waals surface area contributed by atoms with E-state index in [0.717, 1.165) is 22.3 Å². The second kappa shape index (κ2) is 6.70. The summed E-state index contributed by atoms with van der Waals surface area (Å²) in [6, 6.07) is 6.94. The van der Waals surface area contributed by atoms with Gasteiger partial charge in [0, 0.05) is 0 Å². The molecule has 8 heteroatoms. The molecule has 0 atom stereocenters. The normalized spacial score (nSPS) is 16.6. The highest BCUT2D eigenvalue weighted by Crippen LogP contribution is 2.30. The Morgan fingerprint density at radius 2 is 2.10 bits per heavy atom. The molecule has 0 unspecified atom stereocenters. The van der Waals surface area contributed by atoms with Crippen LogP contribution in [0.4, 0.5) is 0 Å². The second-order valence-electron chi connectivity index (χ2n) is 4.11. The van der Waals surface area contributed by atoms with E-state index >= 15 is 0 Å². The monoisotopic (exact) mass is 324 g/mol. The van der Waals surface area contributed by atoms with Crippen molar-refractivity contribution < 1.29 is 19.4 Å². The molecule has 1 amide bonds. The molecule has 1 aromatic carbocycles. The van der Waals surface area contributed by atoms with Crippen LogP contribution in [0.1, 0.15) is 12.0 Å². The molecule has 2 rings (SSSR count). The first kappa shape index (κ1) is 15.5. The van der Waals surface area contributed by atoms with Crippen molar-refractivity contribution in [3.8, 4) is 5.75 Å². The van der Waals surface area contributed by atoms with Gasteiger partial charge >= 0.3 is 5.97 Å². The molecular formula is C13H12N2O4S2. The van der Waals surface area contributed by atoms with Crippen molar-refractivity contribution >= 4 is 46.3 Å². The number of aliphatic carboxylic acids is 1. The van der Waals surface area contributed by atoms with Crippen molar-refractivity contribution in [2.75, 3.05) is 6.61 Å². The quantitative estimate of drug-likeness (QED) is 0.368. The molecule has 0 aliphatic carbocycles. The molecule has 1 fully saturated rings. The van der Waals surface area contributed by atoms with Crippen molar-refractivity contribution in [3.05, 3.63) is 34.7 Å². The standard InChI is InChI=1S/C13H12N2O4S2/c14-15-12(18)10(21-13(15)20)7-8-1-3-9(4-2-8)19-6-5-11(16)17/h1-4,7H,5-6,14H2,(H,16,17)/b10-7-. The van der Waals surface area contributed by atoms with Crippen LogP contribution >= 0.6 is 24.0 Å². The molecule has 0 spiro atoms. The summed E-state index contributed by atoms with van der Waals surface area (Å²) < 4.78 is 5.59. The predicted molar refractivity (Wildman–Crippen MR) is 83.4 cm³/mol. The van der Waals surface area contributed by atoms with Gasteiger partial charge in [0.25, 0.3) is 5.91 Å². The lowest BCUT2D eigenvalue weighted by Crippen LogP contribution is -2.34. The summed E-state index contributed by atoms with van der Waals surface area (Å²) >= 11 is 6.08. The number of amides is 1. The van der Waals surface area contributed by atoms with Crippen LogP contribution in [-0.2, 0) is 9.59 Å². The smallest absolute Gasteiger partial charge is 0.306 e. The lowest BCUT2D eigenvalue weighted by atomic mass is 10.2. The molecular weight excluding hydrogens is 312 g/mol. The fraction of sp³-hybridized carbons (Fsp3) is 0.154. The molecule has 3 N–H and O–H groups in total. The van der Waals surface area contributed by atoms with Gasteiger partial charge in [0.15, 0.2) is 4.32 Å². The Morgan fingerprint density at radius 3 is 2.62 bits per heavy atom. The zero-order chi connectivity index (χ0) is 15.4. The largest absolute Gasteiger partial charge is 0.493 e. The summed E-state index contributed by atoms with van der Waals surface area (Å²) in [6.45, 7) is 0.112. The van der Waals surface area contributed by atoms with Gasteiger partial charge in [-0.1, -0.05) is 36.1 Å². The Kier molecular flexibility index (Phi) is 4.94. The molecule has 1 aliphatic heterocycles. The first-order valence-electron chi connectivity index (χ1n) is 5.94. The Morgan fingerprint density at radius 1 is 1.43 bits per heavy atom. The number of carboxylic acids is 1. The zero-order valence-electron chi connectivity index (χ0n) is 10.8. The third-order valence-electron chi connectivity index (χ3n) is 2.59. The molecule has 0 bridgehead atoms. The molecule has 1 aliphatic rings. The van der Waals surface area contributed by atoms with E-state index in [1.54, 1.807) is 30.3 Å². The van der Waals surface area contributed by atoms with Crippen LogP contribution < -0.4 is 10.6 Å². The van der Waals surface area contributed by atoms with Gasteiger partial charge in [-0.2, -0.15) is 0 Å². The number of nitrogens with zero attached hydrogens (tertiary/aromatic N) is 1. The van der Waals surface area contributed by atoms with E-state index in [0.29, 0.717) is 15.0 Å². The minimum atomic E-state index is -0.907. The maximum atomic E-state index is 11.7. The predicted octanol–water partition coefficient (Wildman–Crippen LogP) is 1.62. The average Bonchev–Trinajstić information content (AvgIpc) is 2.68. The number of hydrazine groups is 1. The van der Waals surface area contributed by atoms with Gasteiger partial charge < -0.3 is 9.84 Å². The Hall–Kier alpha value is -1.90. The minimum absolute atomic E-state index is 0.0548. The lowest BCUT2D eigenvalue weighted by molar-refractivity contribution is -0.137. The fourth-order valence-corrected chi connectivity index (χ4v) is 2.65. The first-order valence-corrected chi connectivity index (χ1v) is 7.17. The van der Waals surface area contributed by atoms with Gasteiger partial charge in [-0.25, -0.2) is 10.9 Å². The van der Waals surface area contributed by atoms with Gasteiger partial charge in [-0.3, -0.25) is 9.59 Å². The summed E-state index contributed by atoms with van der Waals surface area (Å²) in [6.07, 6.45) is 1.63. The number of nitrogens with two attached hydrogens (primary N) is 1. The van der Waals surface area contributed by atoms with E-state index in [2.05, 4.69) is 0 Å². The van der Waals surface area contributed by atoms with E-state index in [-0.39, 0.29) is 18.9 Å². The molecule has 0 radical (unpaired) electrons. The summed E-state index contributed by atoms with van der Waals surface area (Å²) in [4.78, 5) is 22.6. The van der Waals surface area contributed by atoms with E-state index in [1.165, 1.54) is 0 Å². The molecule has 21 heavy (non-hydrogen) atoms. The third kappa shape index (κ3) is 4.03. The number of thioether (sulfide) groups is 1. The van der Waals surface area contributed by atoms with Crippen molar-refractivity contribution in [2.45, 2.75) is 6.42 Å².